The third kappa shape index (κ3) is 2.01. The van der Waals surface area contributed by atoms with Gasteiger partial charge in [-0.1, -0.05) is 24.3 Å². The number of nitrogens with zero attached hydrogens (tertiary/aromatic N) is 1. The van der Waals surface area contributed by atoms with Gasteiger partial charge < -0.3 is 10.0 Å². The van der Waals surface area contributed by atoms with Gasteiger partial charge in [0.15, 0.2) is 0 Å². The van der Waals surface area contributed by atoms with E-state index in [1.54, 1.807) is 0 Å². The molecule has 2 saturated heterocycles. The van der Waals surface area contributed by atoms with E-state index in [4.69, 9.17) is 0 Å². The van der Waals surface area contributed by atoms with E-state index in [0.29, 0.717) is 11.8 Å². The van der Waals surface area contributed by atoms with Crippen molar-refractivity contribution in [3.8, 4) is 0 Å². The number of piperidine rings is 1. The van der Waals surface area contributed by atoms with Crippen molar-refractivity contribution in [2.24, 2.45) is 5.92 Å². The van der Waals surface area contributed by atoms with E-state index in [1.807, 2.05) is 0 Å². The van der Waals surface area contributed by atoms with E-state index < -0.39 is 0 Å². The van der Waals surface area contributed by atoms with Gasteiger partial charge in [-0.3, -0.25) is 0 Å². The molecule has 0 radical (unpaired) electrons. The summed E-state index contributed by atoms with van der Waals surface area (Å²) in [6, 6.07) is 10.2. The fourth-order valence-corrected chi connectivity index (χ4v) is 4.82. The Morgan fingerprint density at radius 1 is 1.20 bits per heavy atom. The lowest BCUT2D eigenvalue weighted by Gasteiger charge is -2.40. The molecule has 1 aliphatic carbocycles. The Bertz CT molecular complexity index is 486. The van der Waals surface area contributed by atoms with Crippen molar-refractivity contribution in [1.82, 2.24) is 4.90 Å². The van der Waals surface area contributed by atoms with E-state index in [1.165, 1.54) is 43.2 Å². The molecule has 0 saturated carbocycles. The molecule has 4 unspecified atom stereocenters. The summed E-state index contributed by atoms with van der Waals surface area (Å²) < 4.78 is 0. The minimum absolute atomic E-state index is 0.0924. The molecule has 4 rings (SSSR count). The normalized spacial score (nSPS) is 37.3. The highest BCUT2D eigenvalue weighted by Crippen LogP contribution is 2.43. The van der Waals surface area contributed by atoms with E-state index >= 15 is 0 Å². The Morgan fingerprint density at radius 2 is 1.90 bits per heavy atom. The second-order valence-corrected chi connectivity index (χ2v) is 7.18. The summed E-state index contributed by atoms with van der Waals surface area (Å²) in [6.07, 6.45) is 7.17. The molecule has 1 aromatic carbocycles. The largest absolute Gasteiger partial charge is 0.393 e. The third-order valence-electron chi connectivity index (χ3n) is 6.17. The van der Waals surface area contributed by atoms with E-state index in [0.717, 1.165) is 18.5 Å². The SMILES string of the molecule is CN1C2CCC1CC(C(O)CC1Cc3ccccc31)C2. The molecule has 2 heteroatoms. The Hall–Kier alpha value is -0.860. The monoisotopic (exact) mass is 271 g/mol. The Morgan fingerprint density at radius 3 is 2.60 bits per heavy atom. The van der Waals surface area contributed by atoms with Gasteiger partial charge in [-0.2, -0.15) is 0 Å². The molecule has 0 amide bonds. The van der Waals surface area contributed by atoms with Gasteiger partial charge in [0.05, 0.1) is 6.10 Å². The highest BCUT2D eigenvalue weighted by Gasteiger charge is 2.41. The Balaban J connectivity index is 1.39. The molecule has 1 aromatic rings. The van der Waals surface area contributed by atoms with Crippen molar-refractivity contribution in [2.45, 2.75) is 62.6 Å². The number of hydrogen-bond acceptors (Lipinski definition) is 2. The Labute approximate surface area is 121 Å². The minimum Gasteiger partial charge on any atom is -0.393 e. The molecule has 108 valence electrons. The van der Waals surface area contributed by atoms with Crippen LogP contribution in [0, 0.1) is 5.92 Å². The van der Waals surface area contributed by atoms with Gasteiger partial charge in [-0.15, -0.1) is 0 Å². The van der Waals surface area contributed by atoms with Crippen LogP contribution < -0.4 is 0 Å². The fourth-order valence-electron chi connectivity index (χ4n) is 4.82. The number of rotatable bonds is 3. The molecule has 4 atom stereocenters. The zero-order valence-corrected chi connectivity index (χ0v) is 12.3. The highest BCUT2D eigenvalue weighted by atomic mass is 16.3. The molecule has 20 heavy (non-hydrogen) atoms. The lowest BCUT2D eigenvalue weighted by Crippen LogP contribution is -2.43. The molecule has 2 fully saturated rings. The second-order valence-electron chi connectivity index (χ2n) is 7.18. The second kappa shape index (κ2) is 4.85. The molecular formula is C18H25NO. The maximum Gasteiger partial charge on any atom is 0.0575 e. The summed E-state index contributed by atoms with van der Waals surface area (Å²) in [6.45, 7) is 0. The van der Waals surface area contributed by atoms with Crippen LogP contribution in [0.15, 0.2) is 24.3 Å². The van der Waals surface area contributed by atoms with Crippen molar-refractivity contribution in [1.29, 1.82) is 0 Å². The van der Waals surface area contributed by atoms with Crippen molar-refractivity contribution >= 4 is 0 Å². The van der Waals surface area contributed by atoms with Crippen LogP contribution >= 0.6 is 0 Å². The van der Waals surface area contributed by atoms with Crippen LogP contribution in [0.2, 0.25) is 0 Å². The van der Waals surface area contributed by atoms with E-state index in [2.05, 4.69) is 36.2 Å². The first-order chi connectivity index (χ1) is 9.72. The van der Waals surface area contributed by atoms with Gasteiger partial charge in [0.2, 0.25) is 0 Å². The molecule has 2 nitrogen and oxygen atoms in total. The van der Waals surface area contributed by atoms with E-state index in [-0.39, 0.29) is 6.10 Å². The van der Waals surface area contributed by atoms with Gasteiger partial charge in [0.25, 0.3) is 0 Å². The number of fused-ring (bicyclic) bond motifs is 3. The average Bonchev–Trinajstić information content (AvgIpc) is 2.66. The topological polar surface area (TPSA) is 23.5 Å². The summed E-state index contributed by atoms with van der Waals surface area (Å²) in [5.41, 5.74) is 2.98. The molecule has 0 spiro atoms. The molecule has 0 aromatic heterocycles. The van der Waals surface area contributed by atoms with Crippen molar-refractivity contribution in [3.05, 3.63) is 35.4 Å². The number of aliphatic hydroxyl groups excluding tert-OH is 1. The van der Waals surface area contributed by atoms with Gasteiger partial charge in [-0.25, -0.2) is 0 Å². The van der Waals surface area contributed by atoms with Crippen LogP contribution in [-0.2, 0) is 6.42 Å². The maximum absolute atomic E-state index is 10.7. The molecular weight excluding hydrogens is 246 g/mol. The van der Waals surface area contributed by atoms with Crippen LogP contribution in [0.5, 0.6) is 0 Å². The lowest BCUT2D eigenvalue weighted by atomic mass is 9.72. The van der Waals surface area contributed by atoms with Crippen LogP contribution in [0.3, 0.4) is 0 Å². The summed E-state index contributed by atoms with van der Waals surface area (Å²) in [4.78, 5) is 2.56. The first-order valence-corrected chi connectivity index (χ1v) is 8.20. The van der Waals surface area contributed by atoms with Gasteiger partial charge >= 0.3 is 0 Å². The maximum atomic E-state index is 10.7. The zero-order chi connectivity index (χ0) is 13.7. The summed E-state index contributed by atoms with van der Waals surface area (Å²) in [5.74, 6) is 1.15. The first kappa shape index (κ1) is 12.8. The van der Waals surface area contributed by atoms with Gasteiger partial charge in [0, 0.05) is 12.1 Å². The minimum atomic E-state index is -0.0924. The van der Waals surface area contributed by atoms with Crippen LogP contribution in [0.4, 0.5) is 0 Å². The number of hydrogen-bond donors (Lipinski definition) is 1. The molecule has 2 bridgehead atoms. The van der Waals surface area contributed by atoms with Crippen molar-refractivity contribution in [2.75, 3.05) is 7.05 Å². The third-order valence-corrected chi connectivity index (χ3v) is 6.17. The molecule has 3 aliphatic rings. The predicted octanol–water partition coefficient (Wildman–Crippen LogP) is 2.95. The number of aliphatic hydroxyl groups is 1. The quantitative estimate of drug-likeness (QED) is 0.913. The molecule has 2 heterocycles. The summed E-state index contributed by atoms with van der Waals surface area (Å²) >= 11 is 0. The molecule has 1 N–H and O–H groups in total. The fraction of sp³-hybridized carbons (Fsp3) is 0.667. The van der Waals surface area contributed by atoms with Crippen LogP contribution in [0.25, 0.3) is 0 Å². The zero-order valence-electron chi connectivity index (χ0n) is 12.3. The summed E-state index contributed by atoms with van der Waals surface area (Å²) in [7, 11) is 2.27. The Kier molecular flexibility index (Phi) is 3.12. The van der Waals surface area contributed by atoms with Gasteiger partial charge in [0.1, 0.15) is 0 Å². The van der Waals surface area contributed by atoms with Crippen molar-refractivity contribution in [3.63, 3.8) is 0 Å². The summed E-state index contributed by atoms with van der Waals surface area (Å²) in [5, 5.41) is 10.7. The molecule has 2 aliphatic heterocycles. The highest BCUT2D eigenvalue weighted by molar-refractivity contribution is 5.39. The van der Waals surface area contributed by atoms with Crippen LogP contribution in [-0.4, -0.2) is 35.2 Å². The number of benzene rings is 1. The van der Waals surface area contributed by atoms with E-state index in [9.17, 15) is 5.11 Å². The smallest absolute Gasteiger partial charge is 0.0575 e. The van der Waals surface area contributed by atoms with Crippen molar-refractivity contribution < 1.29 is 5.11 Å². The average molecular weight is 271 g/mol. The standard InChI is InChI=1S/C18H25NO/c1-19-15-6-7-16(19)10-14(9-15)18(20)11-13-8-12-4-2-3-5-17(12)13/h2-5,13-16,18,20H,6-11H2,1H3. The first-order valence-electron chi connectivity index (χ1n) is 8.20. The van der Waals surface area contributed by atoms with Gasteiger partial charge in [-0.05, 0) is 68.5 Å². The van der Waals surface area contributed by atoms with Crippen LogP contribution in [0.1, 0.15) is 49.1 Å². The predicted molar refractivity (Wildman–Crippen MR) is 80.8 cm³/mol. The lowest BCUT2D eigenvalue weighted by molar-refractivity contribution is 0.0266.